The number of carbonyl (C=O) groups excluding carboxylic acids is 1. The van der Waals surface area contributed by atoms with Crippen molar-refractivity contribution < 1.29 is 4.79 Å². The molecule has 0 bridgehead atoms. The van der Waals surface area contributed by atoms with E-state index in [-0.39, 0.29) is 11.3 Å². The summed E-state index contributed by atoms with van der Waals surface area (Å²) >= 11 is 1.49. The predicted molar refractivity (Wildman–Crippen MR) is 53.5 cm³/mol. The molecule has 0 atom stereocenters. The second-order valence-corrected chi connectivity index (χ2v) is 4.88. The van der Waals surface area contributed by atoms with Gasteiger partial charge in [-0.1, -0.05) is 24.6 Å². The lowest BCUT2D eigenvalue weighted by atomic mass is 10.4. The quantitative estimate of drug-likeness (QED) is 0.720. The van der Waals surface area contributed by atoms with Gasteiger partial charge in [0, 0.05) is 11.3 Å². The summed E-state index contributed by atoms with van der Waals surface area (Å²) < 4.78 is 0. The average Bonchev–Trinajstić information content (AvgIpc) is 2.37. The lowest BCUT2D eigenvalue weighted by molar-refractivity contribution is 0.258. The molecule has 0 aliphatic heterocycles. The molecule has 2 nitrogen and oxygen atoms in total. The molecule has 1 saturated carbocycles. The first-order valence-corrected chi connectivity index (χ1v) is 5.53. The Morgan fingerprint density at radius 3 is 2.50 bits per heavy atom. The van der Waals surface area contributed by atoms with Crippen LogP contribution < -0.4 is 5.32 Å². The zero-order valence-corrected chi connectivity index (χ0v) is 8.62. The number of amides is 1. The minimum atomic E-state index is 0.150. The van der Waals surface area contributed by atoms with Crippen molar-refractivity contribution in [2.45, 2.75) is 50.8 Å². The maximum atomic E-state index is 11.3. The lowest BCUT2D eigenvalue weighted by Crippen LogP contribution is -2.27. The Balaban J connectivity index is 2.16. The third-order valence-electron chi connectivity index (χ3n) is 1.98. The molecule has 12 heavy (non-hydrogen) atoms. The van der Waals surface area contributed by atoms with E-state index >= 15 is 0 Å². The molecule has 1 amide bonds. The van der Waals surface area contributed by atoms with E-state index in [4.69, 9.17) is 0 Å². The van der Waals surface area contributed by atoms with Gasteiger partial charge in [0.25, 0.3) is 5.24 Å². The minimum absolute atomic E-state index is 0.150. The van der Waals surface area contributed by atoms with Crippen molar-refractivity contribution >= 4 is 17.0 Å². The van der Waals surface area contributed by atoms with Gasteiger partial charge in [-0.3, -0.25) is 4.79 Å². The van der Waals surface area contributed by atoms with Crippen molar-refractivity contribution in [2.24, 2.45) is 0 Å². The van der Waals surface area contributed by atoms with Crippen molar-refractivity contribution in [3.63, 3.8) is 0 Å². The molecule has 0 spiro atoms. The van der Waals surface area contributed by atoms with E-state index < -0.39 is 0 Å². The van der Waals surface area contributed by atoms with Gasteiger partial charge < -0.3 is 5.32 Å². The maximum absolute atomic E-state index is 11.3. The van der Waals surface area contributed by atoms with Crippen LogP contribution in [-0.2, 0) is 0 Å². The molecule has 1 aliphatic carbocycles. The van der Waals surface area contributed by atoms with Crippen LogP contribution in [0.3, 0.4) is 0 Å². The van der Waals surface area contributed by atoms with E-state index in [2.05, 4.69) is 5.32 Å². The summed E-state index contributed by atoms with van der Waals surface area (Å²) in [6, 6.07) is 0.270. The van der Waals surface area contributed by atoms with Crippen molar-refractivity contribution in [3.8, 4) is 0 Å². The van der Waals surface area contributed by atoms with Crippen molar-refractivity contribution in [1.29, 1.82) is 0 Å². The summed E-state index contributed by atoms with van der Waals surface area (Å²) in [6.45, 7) is 3.99. The van der Waals surface area contributed by atoms with Crippen molar-refractivity contribution in [2.75, 3.05) is 0 Å². The number of thioether (sulfide) groups is 1. The number of hydrogen-bond donors (Lipinski definition) is 1. The van der Waals surface area contributed by atoms with Gasteiger partial charge in [0.1, 0.15) is 0 Å². The van der Waals surface area contributed by atoms with Gasteiger partial charge in [0.15, 0.2) is 0 Å². The van der Waals surface area contributed by atoms with Crippen LogP contribution in [0.1, 0.15) is 39.5 Å². The highest BCUT2D eigenvalue weighted by Gasteiger charge is 2.19. The first-order chi connectivity index (χ1) is 5.68. The summed E-state index contributed by atoms with van der Waals surface area (Å²) in [6.07, 6.45) is 5.03. The van der Waals surface area contributed by atoms with Crippen LogP contribution in [0, 0.1) is 0 Å². The van der Waals surface area contributed by atoms with Crippen LogP contribution in [0.4, 0.5) is 4.79 Å². The van der Waals surface area contributed by atoms with Crippen LogP contribution in [0.25, 0.3) is 0 Å². The van der Waals surface area contributed by atoms with Crippen LogP contribution in [0.2, 0.25) is 0 Å². The van der Waals surface area contributed by atoms with E-state index in [1.54, 1.807) is 0 Å². The smallest absolute Gasteiger partial charge is 0.279 e. The van der Waals surface area contributed by atoms with E-state index in [0.717, 1.165) is 0 Å². The summed E-state index contributed by atoms with van der Waals surface area (Å²) in [5, 5.41) is 3.63. The molecule has 0 heterocycles. The second-order valence-electron chi connectivity index (χ2n) is 3.61. The number of hydrogen-bond acceptors (Lipinski definition) is 2. The first kappa shape index (κ1) is 9.90. The molecule has 0 aromatic heterocycles. The highest BCUT2D eigenvalue weighted by molar-refractivity contribution is 8.14. The minimum Gasteiger partial charge on any atom is -0.345 e. The fraction of sp³-hybridized carbons (Fsp3) is 0.889. The van der Waals surface area contributed by atoms with Gasteiger partial charge >= 0.3 is 0 Å². The molecule has 1 aliphatic rings. The second kappa shape index (κ2) is 4.75. The molecule has 1 N–H and O–H groups in total. The standard InChI is InChI=1S/C9H17NOS/c1-7(2)10-9(11)12-8-5-3-4-6-8/h7-8H,3-6H2,1-2H3,(H,10,11). The Morgan fingerprint density at radius 1 is 1.42 bits per heavy atom. The van der Waals surface area contributed by atoms with Crippen LogP contribution in [-0.4, -0.2) is 16.5 Å². The molecule has 1 rings (SSSR count). The Hall–Kier alpha value is -0.180. The molecule has 0 aromatic rings. The van der Waals surface area contributed by atoms with Gasteiger partial charge in [0.05, 0.1) is 0 Å². The Kier molecular flexibility index (Phi) is 3.92. The third kappa shape index (κ3) is 3.48. The van der Waals surface area contributed by atoms with E-state index in [1.807, 2.05) is 13.8 Å². The van der Waals surface area contributed by atoms with Gasteiger partial charge in [-0.05, 0) is 26.7 Å². The average molecular weight is 187 g/mol. The fourth-order valence-corrected chi connectivity index (χ4v) is 2.60. The van der Waals surface area contributed by atoms with Crippen LogP contribution in [0.5, 0.6) is 0 Å². The normalized spacial score (nSPS) is 18.6. The van der Waals surface area contributed by atoms with Gasteiger partial charge in [-0.15, -0.1) is 0 Å². The van der Waals surface area contributed by atoms with Gasteiger partial charge in [-0.25, -0.2) is 0 Å². The number of carbonyl (C=O) groups is 1. The molecule has 3 heteroatoms. The molecular weight excluding hydrogens is 170 g/mol. The number of nitrogens with one attached hydrogen (secondary N) is 1. The maximum Gasteiger partial charge on any atom is 0.279 e. The Bertz CT molecular complexity index is 153. The first-order valence-electron chi connectivity index (χ1n) is 4.65. The summed E-state index contributed by atoms with van der Waals surface area (Å²) in [5.74, 6) is 0. The molecular formula is C9H17NOS. The molecule has 0 unspecified atom stereocenters. The van der Waals surface area contributed by atoms with E-state index in [1.165, 1.54) is 37.4 Å². The Labute approximate surface area is 78.5 Å². The van der Waals surface area contributed by atoms with E-state index in [9.17, 15) is 4.79 Å². The van der Waals surface area contributed by atoms with Crippen molar-refractivity contribution in [1.82, 2.24) is 5.32 Å². The topological polar surface area (TPSA) is 29.1 Å². The highest BCUT2D eigenvalue weighted by atomic mass is 32.2. The summed E-state index contributed by atoms with van der Waals surface area (Å²) in [4.78, 5) is 11.3. The third-order valence-corrected chi connectivity index (χ3v) is 3.12. The van der Waals surface area contributed by atoms with Gasteiger partial charge in [-0.2, -0.15) is 0 Å². The summed E-state index contributed by atoms with van der Waals surface area (Å²) in [5.41, 5.74) is 0. The number of rotatable bonds is 2. The molecule has 70 valence electrons. The zero-order chi connectivity index (χ0) is 8.97. The molecule has 0 radical (unpaired) electrons. The highest BCUT2D eigenvalue weighted by Crippen LogP contribution is 2.29. The van der Waals surface area contributed by atoms with E-state index in [0.29, 0.717) is 5.25 Å². The largest absolute Gasteiger partial charge is 0.345 e. The molecule has 1 fully saturated rings. The predicted octanol–water partition coefficient (Wildman–Crippen LogP) is 2.78. The molecule has 0 aromatic carbocycles. The monoisotopic (exact) mass is 187 g/mol. The Morgan fingerprint density at radius 2 is 2.00 bits per heavy atom. The van der Waals surface area contributed by atoms with Gasteiger partial charge in [0.2, 0.25) is 0 Å². The van der Waals surface area contributed by atoms with Crippen LogP contribution in [0.15, 0.2) is 0 Å². The van der Waals surface area contributed by atoms with Crippen LogP contribution >= 0.6 is 11.8 Å². The summed E-state index contributed by atoms with van der Waals surface area (Å²) in [7, 11) is 0. The van der Waals surface area contributed by atoms with Crippen molar-refractivity contribution in [3.05, 3.63) is 0 Å². The zero-order valence-electron chi connectivity index (χ0n) is 7.80. The SMILES string of the molecule is CC(C)NC(=O)SC1CCCC1. The lowest BCUT2D eigenvalue weighted by Gasteiger charge is -2.10. The molecule has 0 saturated heterocycles. The fourth-order valence-electron chi connectivity index (χ4n) is 1.43.